The van der Waals surface area contributed by atoms with Crippen LogP contribution in [-0.2, 0) is 9.47 Å². The third kappa shape index (κ3) is 3.32. The average molecular weight is 340 g/mol. The van der Waals surface area contributed by atoms with Crippen molar-refractivity contribution >= 4 is 17.3 Å². The molecule has 2 aromatic rings. The van der Waals surface area contributed by atoms with Gasteiger partial charge in [-0.15, -0.1) is 0 Å². The van der Waals surface area contributed by atoms with E-state index in [1.54, 1.807) is 6.33 Å². The molecule has 0 bridgehead atoms. The molecule has 2 fully saturated rings. The van der Waals surface area contributed by atoms with Crippen molar-refractivity contribution in [3.8, 4) is 0 Å². The van der Waals surface area contributed by atoms with E-state index in [0.29, 0.717) is 13.2 Å². The molecule has 6 nitrogen and oxygen atoms in total. The number of aromatic nitrogens is 2. The van der Waals surface area contributed by atoms with E-state index in [1.807, 2.05) is 6.07 Å². The molecule has 2 aliphatic heterocycles. The highest BCUT2D eigenvalue weighted by Crippen LogP contribution is 2.33. The second-order valence-corrected chi connectivity index (χ2v) is 6.73. The monoisotopic (exact) mass is 340 g/mol. The van der Waals surface area contributed by atoms with E-state index in [4.69, 9.17) is 9.47 Å². The van der Waals surface area contributed by atoms with Gasteiger partial charge in [-0.25, -0.2) is 9.97 Å². The minimum atomic E-state index is -0.358. The molecule has 25 heavy (non-hydrogen) atoms. The summed E-state index contributed by atoms with van der Waals surface area (Å²) in [5, 5.41) is 3.41. The number of benzene rings is 1. The number of nitrogens with one attached hydrogen (secondary N) is 1. The maximum atomic E-state index is 5.80. The van der Waals surface area contributed by atoms with Gasteiger partial charge in [0.05, 0.1) is 13.2 Å². The molecule has 1 aromatic heterocycles. The molecule has 0 amide bonds. The zero-order valence-corrected chi connectivity index (χ0v) is 14.8. The summed E-state index contributed by atoms with van der Waals surface area (Å²) < 4.78 is 11.6. The summed E-state index contributed by atoms with van der Waals surface area (Å²) in [6.07, 6.45) is 3.36. The van der Waals surface area contributed by atoms with E-state index in [9.17, 15) is 0 Å². The normalized spacial score (nSPS) is 19.4. The van der Waals surface area contributed by atoms with Gasteiger partial charge in [0, 0.05) is 37.7 Å². The number of hydrogen-bond donors (Lipinski definition) is 1. The standard InChI is InChI=1S/C19H24N4O2/c1-14-4-3-5-16(15(14)2)22-17-12-18(21-13-20-17)23-8-6-19(7-9-23)24-10-11-25-19/h3-5,12-13H,6-11H2,1-2H3,(H,20,21,22). The van der Waals surface area contributed by atoms with Crippen LogP contribution < -0.4 is 10.2 Å². The van der Waals surface area contributed by atoms with E-state index >= 15 is 0 Å². The molecule has 0 radical (unpaired) electrons. The molecule has 3 heterocycles. The lowest BCUT2D eigenvalue weighted by Crippen LogP contribution is -2.45. The van der Waals surface area contributed by atoms with Crippen molar-refractivity contribution in [1.29, 1.82) is 0 Å². The van der Waals surface area contributed by atoms with Gasteiger partial charge in [-0.1, -0.05) is 12.1 Å². The van der Waals surface area contributed by atoms with Gasteiger partial charge in [-0.2, -0.15) is 0 Å². The highest BCUT2D eigenvalue weighted by molar-refractivity contribution is 5.63. The van der Waals surface area contributed by atoms with Crippen LogP contribution >= 0.6 is 0 Å². The van der Waals surface area contributed by atoms with Crippen molar-refractivity contribution in [2.45, 2.75) is 32.5 Å². The fourth-order valence-electron chi connectivity index (χ4n) is 3.48. The fourth-order valence-corrected chi connectivity index (χ4v) is 3.48. The Balaban J connectivity index is 1.47. The highest BCUT2D eigenvalue weighted by atomic mass is 16.7. The summed E-state index contributed by atoms with van der Waals surface area (Å²) in [6.45, 7) is 7.39. The molecule has 0 aliphatic carbocycles. The van der Waals surface area contributed by atoms with Crippen molar-refractivity contribution in [3.05, 3.63) is 41.7 Å². The van der Waals surface area contributed by atoms with Gasteiger partial charge in [0.25, 0.3) is 0 Å². The molecule has 2 aliphatic rings. The van der Waals surface area contributed by atoms with Crippen LogP contribution in [0, 0.1) is 13.8 Å². The number of aryl methyl sites for hydroxylation is 1. The highest BCUT2D eigenvalue weighted by Gasteiger charge is 2.40. The first-order valence-electron chi connectivity index (χ1n) is 8.83. The van der Waals surface area contributed by atoms with Crippen LogP contribution in [0.3, 0.4) is 0 Å². The zero-order chi connectivity index (χ0) is 17.3. The Morgan fingerprint density at radius 1 is 1.08 bits per heavy atom. The van der Waals surface area contributed by atoms with Crippen LogP contribution in [0.25, 0.3) is 0 Å². The third-order valence-electron chi connectivity index (χ3n) is 5.18. The van der Waals surface area contributed by atoms with Crippen LogP contribution in [0.1, 0.15) is 24.0 Å². The maximum Gasteiger partial charge on any atom is 0.171 e. The lowest BCUT2D eigenvalue weighted by atomic mass is 10.0. The van der Waals surface area contributed by atoms with Crippen molar-refractivity contribution < 1.29 is 9.47 Å². The molecule has 0 atom stereocenters. The largest absolute Gasteiger partial charge is 0.356 e. The van der Waals surface area contributed by atoms with Crippen molar-refractivity contribution in [2.75, 3.05) is 36.5 Å². The molecule has 4 rings (SSSR count). The summed E-state index contributed by atoms with van der Waals surface area (Å²) in [5.41, 5.74) is 3.57. The number of nitrogens with zero attached hydrogens (tertiary/aromatic N) is 3. The van der Waals surface area contributed by atoms with Crippen molar-refractivity contribution in [3.63, 3.8) is 0 Å². The predicted molar refractivity (Wildman–Crippen MR) is 97.3 cm³/mol. The second kappa shape index (κ2) is 6.61. The van der Waals surface area contributed by atoms with Gasteiger partial charge in [-0.3, -0.25) is 0 Å². The molecule has 2 saturated heterocycles. The summed E-state index contributed by atoms with van der Waals surface area (Å²) in [4.78, 5) is 11.1. The van der Waals surface area contributed by atoms with Crippen molar-refractivity contribution in [1.82, 2.24) is 9.97 Å². The molecule has 1 N–H and O–H groups in total. The summed E-state index contributed by atoms with van der Waals surface area (Å²) in [5.74, 6) is 1.39. The Hall–Kier alpha value is -2.18. The Morgan fingerprint density at radius 2 is 1.84 bits per heavy atom. The first-order chi connectivity index (χ1) is 12.2. The third-order valence-corrected chi connectivity index (χ3v) is 5.18. The average Bonchev–Trinajstić information content (AvgIpc) is 3.08. The maximum absolute atomic E-state index is 5.80. The molecule has 0 unspecified atom stereocenters. The smallest absolute Gasteiger partial charge is 0.171 e. The van der Waals surface area contributed by atoms with Crippen LogP contribution in [0.2, 0.25) is 0 Å². The van der Waals surface area contributed by atoms with Crippen LogP contribution in [0.5, 0.6) is 0 Å². The van der Waals surface area contributed by atoms with Crippen LogP contribution in [0.4, 0.5) is 17.3 Å². The molecular formula is C19H24N4O2. The van der Waals surface area contributed by atoms with Crippen LogP contribution in [-0.4, -0.2) is 42.1 Å². The van der Waals surface area contributed by atoms with Gasteiger partial charge in [0.15, 0.2) is 5.79 Å². The summed E-state index contributed by atoms with van der Waals surface area (Å²) in [6, 6.07) is 8.25. The number of piperidine rings is 1. The van der Waals surface area contributed by atoms with Gasteiger partial charge < -0.3 is 19.7 Å². The number of rotatable bonds is 3. The summed E-state index contributed by atoms with van der Waals surface area (Å²) in [7, 11) is 0. The topological polar surface area (TPSA) is 59.5 Å². The Kier molecular flexibility index (Phi) is 4.31. The van der Waals surface area contributed by atoms with Gasteiger partial charge in [0.1, 0.15) is 18.0 Å². The molecule has 132 valence electrons. The van der Waals surface area contributed by atoms with E-state index in [-0.39, 0.29) is 5.79 Å². The quantitative estimate of drug-likeness (QED) is 0.926. The molecular weight excluding hydrogens is 316 g/mol. The minimum absolute atomic E-state index is 0.358. The van der Waals surface area contributed by atoms with Gasteiger partial charge >= 0.3 is 0 Å². The zero-order valence-electron chi connectivity index (χ0n) is 14.8. The molecule has 0 saturated carbocycles. The predicted octanol–water partition coefficient (Wildman–Crippen LogP) is 3.18. The Bertz CT molecular complexity index is 749. The number of anilines is 3. The van der Waals surface area contributed by atoms with Gasteiger partial charge in [-0.05, 0) is 31.0 Å². The second-order valence-electron chi connectivity index (χ2n) is 6.73. The lowest BCUT2D eigenvalue weighted by Gasteiger charge is -2.38. The number of hydrogen-bond acceptors (Lipinski definition) is 6. The van der Waals surface area contributed by atoms with E-state index in [1.165, 1.54) is 11.1 Å². The van der Waals surface area contributed by atoms with E-state index < -0.39 is 0 Å². The lowest BCUT2D eigenvalue weighted by molar-refractivity contribution is -0.169. The van der Waals surface area contributed by atoms with Gasteiger partial charge in [0.2, 0.25) is 0 Å². The van der Waals surface area contributed by atoms with Crippen molar-refractivity contribution in [2.24, 2.45) is 0 Å². The summed E-state index contributed by atoms with van der Waals surface area (Å²) >= 11 is 0. The first-order valence-corrected chi connectivity index (χ1v) is 8.83. The van der Waals surface area contributed by atoms with E-state index in [2.05, 4.69) is 52.2 Å². The van der Waals surface area contributed by atoms with Crippen LogP contribution in [0.15, 0.2) is 30.6 Å². The molecule has 1 aromatic carbocycles. The SMILES string of the molecule is Cc1cccc(Nc2cc(N3CCC4(CC3)OCCO4)ncn2)c1C. The van der Waals surface area contributed by atoms with E-state index in [0.717, 1.165) is 43.3 Å². The Morgan fingerprint density at radius 3 is 2.60 bits per heavy atom. The molecule has 6 heteroatoms. The molecule has 1 spiro atoms. The Labute approximate surface area is 148 Å². The fraction of sp³-hybridized carbons (Fsp3) is 0.474. The first kappa shape index (κ1) is 16.3. The minimum Gasteiger partial charge on any atom is -0.356 e. The number of ether oxygens (including phenoxy) is 2.